The van der Waals surface area contributed by atoms with Crippen molar-refractivity contribution < 1.29 is 10.0 Å². The molecule has 0 aliphatic heterocycles. The molecule has 0 saturated heterocycles. The second-order valence-corrected chi connectivity index (χ2v) is 4.14. The lowest BCUT2D eigenvalue weighted by Gasteiger charge is -2.10. The fourth-order valence-electron chi connectivity index (χ4n) is 1.19. The van der Waals surface area contributed by atoms with E-state index in [9.17, 15) is 15.2 Å². The molecule has 1 aromatic carbocycles. The van der Waals surface area contributed by atoms with E-state index >= 15 is 0 Å². The van der Waals surface area contributed by atoms with Gasteiger partial charge in [0, 0.05) is 30.3 Å². The number of hydrogen-bond donors (Lipinski definition) is 2. The summed E-state index contributed by atoms with van der Waals surface area (Å²) in [4.78, 5) is 10.1. The highest BCUT2D eigenvalue weighted by atomic mass is 35.5. The fourth-order valence-corrected chi connectivity index (χ4v) is 1.43. The van der Waals surface area contributed by atoms with E-state index in [4.69, 9.17) is 11.6 Å². The average molecular weight is 245 g/mol. The van der Waals surface area contributed by atoms with Crippen molar-refractivity contribution in [3.8, 4) is 5.75 Å². The van der Waals surface area contributed by atoms with Gasteiger partial charge in [-0.05, 0) is 0 Å². The number of nitrogens with one attached hydrogen (secondary N) is 1. The molecule has 1 rings (SSSR count). The number of non-ortho nitro benzene ring substituents is 1. The van der Waals surface area contributed by atoms with Crippen LogP contribution in [0.3, 0.4) is 0 Å². The lowest BCUT2D eigenvalue weighted by Crippen LogP contribution is -2.21. The predicted molar refractivity (Wildman–Crippen MR) is 61.7 cm³/mol. The summed E-state index contributed by atoms with van der Waals surface area (Å²) in [7, 11) is 0. The molecule has 0 atom stereocenters. The Balaban J connectivity index is 3.02. The second-order valence-electron chi connectivity index (χ2n) is 3.73. The lowest BCUT2D eigenvalue weighted by atomic mass is 10.1. The van der Waals surface area contributed by atoms with Crippen LogP contribution in [0.5, 0.6) is 5.75 Å². The van der Waals surface area contributed by atoms with Crippen LogP contribution in [0, 0.1) is 10.1 Å². The first-order valence-electron chi connectivity index (χ1n) is 4.81. The van der Waals surface area contributed by atoms with Gasteiger partial charge in [0.05, 0.1) is 9.95 Å². The molecule has 1 aromatic rings. The van der Waals surface area contributed by atoms with Gasteiger partial charge >= 0.3 is 0 Å². The highest BCUT2D eigenvalue weighted by Gasteiger charge is 2.14. The van der Waals surface area contributed by atoms with Crippen LogP contribution in [0.1, 0.15) is 19.4 Å². The minimum Gasteiger partial charge on any atom is -0.506 e. The van der Waals surface area contributed by atoms with Crippen molar-refractivity contribution in [1.29, 1.82) is 0 Å². The van der Waals surface area contributed by atoms with Crippen molar-refractivity contribution in [2.24, 2.45) is 0 Å². The summed E-state index contributed by atoms with van der Waals surface area (Å²) in [5.41, 5.74) is 0.302. The van der Waals surface area contributed by atoms with Gasteiger partial charge in [-0.2, -0.15) is 0 Å². The standard InChI is InChI=1S/C10H13ClN2O3/c1-6(2)12-5-7-3-8(13(15)16)4-9(11)10(7)14/h3-4,6,12,14H,5H2,1-2H3. The van der Waals surface area contributed by atoms with Crippen LogP contribution in [-0.4, -0.2) is 16.1 Å². The van der Waals surface area contributed by atoms with Crippen molar-refractivity contribution in [2.75, 3.05) is 0 Å². The number of hydrogen-bond acceptors (Lipinski definition) is 4. The third kappa shape index (κ3) is 3.08. The average Bonchev–Trinajstić information content (AvgIpc) is 2.19. The van der Waals surface area contributed by atoms with Gasteiger partial charge in [0.25, 0.3) is 5.69 Å². The minimum absolute atomic E-state index is 0.00486. The van der Waals surface area contributed by atoms with Gasteiger partial charge in [0.1, 0.15) is 5.75 Å². The largest absolute Gasteiger partial charge is 0.506 e. The molecule has 0 heterocycles. The smallest absolute Gasteiger partial charge is 0.271 e. The first kappa shape index (κ1) is 12.7. The third-order valence-corrected chi connectivity index (χ3v) is 2.33. The molecule has 5 nitrogen and oxygen atoms in total. The van der Waals surface area contributed by atoms with Crippen molar-refractivity contribution in [2.45, 2.75) is 26.4 Å². The monoisotopic (exact) mass is 244 g/mol. The van der Waals surface area contributed by atoms with Gasteiger partial charge in [-0.15, -0.1) is 0 Å². The Bertz CT molecular complexity index is 407. The first-order valence-corrected chi connectivity index (χ1v) is 5.18. The quantitative estimate of drug-likeness (QED) is 0.630. The molecule has 2 N–H and O–H groups in total. The molecule has 6 heteroatoms. The Hall–Kier alpha value is -1.33. The van der Waals surface area contributed by atoms with E-state index in [1.807, 2.05) is 13.8 Å². The lowest BCUT2D eigenvalue weighted by molar-refractivity contribution is -0.384. The topological polar surface area (TPSA) is 75.4 Å². The molecule has 0 radical (unpaired) electrons. The van der Waals surface area contributed by atoms with Crippen molar-refractivity contribution >= 4 is 17.3 Å². The van der Waals surface area contributed by atoms with Gasteiger partial charge in [-0.3, -0.25) is 10.1 Å². The van der Waals surface area contributed by atoms with Gasteiger partial charge < -0.3 is 10.4 Å². The number of rotatable bonds is 4. The number of nitrogens with zero attached hydrogens (tertiary/aromatic N) is 1. The molecular weight excluding hydrogens is 232 g/mol. The Labute approximate surface area is 98.2 Å². The summed E-state index contributed by atoms with van der Waals surface area (Å²) >= 11 is 5.70. The Morgan fingerprint density at radius 2 is 2.19 bits per heavy atom. The molecule has 0 aliphatic carbocycles. The molecule has 0 spiro atoms. The Kier molecular flexibility index (Phi) is 4.09. The number of halogens is 1. The fraction of sp³-hybridized carbons (Fsp3) is 0.400. The molecule has 0 aliphatic rings. The Morgan fingerprint density at radius 3 is 2.69 bits per heavy atom. The SMILES string of the molecule is CC(C)NCc1cc([N+](=O)[O-])cc(Cl)c1O. The van der Waals surface area contributed by atoms with Crippen LogP contribution >= 0.6 is 11.6 Å². The maximum Gasteiger partial charge on any atom is 0.271 e. The summed E-state index contributed by atoms with van der Waals surface area (Å²) in [6, 6.07) is 2.67. The number of nitro benzene ring substituents is 1. The number of benzene rings is 1. The molecular formula is C10H13ClN2O3. The molecule has 0 saturated carbocycles. The van der Waals surface area contributed by atoms with Gasteiger partial charge in [-0.1, -0.05) is 25.4 Å². The minimum atomic E-state index is -0.538. The maximum absolute atomic E-state index is 10.6. The van der Waals surface area contributed by atoms with Crippen LogP contribution in [0.25, 0.3) is 0 Å². The maximum atomic E-state index is 10.6. The van der Waals surface area contributed by atoms with Crippen molar-refractivity contribution in [3.05, 3.63) is 32.8 Å². The molecule has 88 valence electrons. The highest BCUT2D eigenvalue weighted by Crippen LogP contribution is 2.32. The van der Waals surface area contributed by atoms with Crippen LogP contribution in [0.2, 0.25) is 5.02 Å². The normalized spacial score (nSPS) is 10.8. The molecule has 0 unspecified atom stereocenters. The zero-order chi connectivity index (χ0) is 12.3. The summed E-state index contributed by atoms with van der Waals surface area (Å²) in [5.74, 6) is -0.111. The van der Waals surface area contributed by atoms with E-state index in [1.165, 1.54) is 6.07 Å². The molecule has 0 bridgehead atoms. The summed E-state index contributed by atoms with van der Waals surface area (Å²) in [6.45, 7) is 4.22. The van der Waals surface area contributed by atoms with E-state index in [1.54, 1.807) is 0 Å². The van der Waals surface area contributed by atoms with Gasteiger partial charge in [-0.25, -0.2) is 0 Å². The Morgan fingerprint density at radius 1 is 1.56 bits per heavy atom. The van der Waals surface area contributed by atoms with Crippen molar-refractivity contribution in [3.63, 3.8) is 0 Å². The summed E-state index contributed by atoms with van der Waals surface area (Å²) in [6.07, 6.45) is 0. The van der Waals surface area contributed by atoms with Crippen LogP contribution < -0.4 is 5.32 Å². The first-order chi connectivity index (χ1) is 7.41. The molecule has 0 aromatic heterocycles. The zero-order valence-corrected chi connectivity index (χ0v) is 9.78. The number of aromatic hydroxyl groups is 1. The van der Waals surface area contributed by atoms with E-state index in [-0.39, 0.29) is 22.5 Å². The highest BCUT2D eigenvalue weighted by molar-refractivity contribution is 6.32. The number of phenols is 1. The van der Waals surface area contributed by atoms with E-state index in [2.05, 4.69) is 5.32 Å². The summed E-state index contributed by atoms with van der Waals surface area (Å²) in [5, 5.41) is 23.3. The van der Waals surface area contributed by atoms with E-state index in [0.29, 0.717) is 12.1 Å². The molecule has 16 heavy (non-hydrogen) atoms. The van der Waals surface area contributed by atoms with Crippen molar-refractivity contribution in [1.82, 2.24) is 5.32 Å². The van der Waals surface area contributed by atoms with Gasteiger partial charge in [0.15, 0.2) is 0 Å². The van der Waals surface area contributed by atoms with E-state index < -0.39 is 4.92 Å². The van der Waals surface area contributed by atoms with Crippen LogP contribution in [0.4, 0.5) is 5.69 Å². The zero-order valence-electron chi connectivity index (χ0n) is 9.03. The number of nitro groups is 1. The second kappa shape index (κ2) is 5.14. The summed E-state index contributed by atoms with van der Waals surface area (Å²) < 4.78 is 0. The molecule has 0 amide bonds. The van der Waals surface area contributed by atoms with Gasteiger partial charge in [0.2, 0.25) is 0 Å². The van der Waals surface area contributed by atoms with E-state index in [0.717, 1.165) is 6.07 Å². The third-order valence-electron chi connectivity index (χ3n) is 2.04. The molecule has 0 fully saturated rings. The van der Waals surface area contributed by atoms with Crippen LogP contribution in [-0.2, 0) is 6.54 Å². The van der Waals surface area contributed by atoms with Crippen LogP contribution in [0.15, 0.2) is 12.1 Å². The number of phenolic OH excluding ortho intramolecular Hbond substituents is 1. The predicted octanol–water partition coefficient (Wildman–Crippen LogP) is 2.45.